The normalized spacial score (nSPS) is 10.3. The molecule has 0 unspecified atom stereocenters. The van der Waals surface area contributed by atoms with Gasteiger partial charge in [-0.25, -0.2) is 0 Å². The quantitative estimate of drug-likeness (QED) is 0.926. The lowest BCUT2D eigenvalue weighted by molar-refractivity contribution is 0.102. The first kappa shape index (κ1) is 12.1. The number of benzene rings is 1. The number of hydrogen-bond acceptors (Lipinski definition) is 2. The largest absolute Gasteiger partial charge is 0.305 e. The Morgan fingerprint density at radius 3 is 2.82 bits per heavy atom. The minimum atomic E-state index is -0.277. The lowest BCUT2D eigenvalue weighted by Crippen LogP contribution is -2.13. The maximum atomic E-state index is 11.9. The monoisotopic (exact) mass is 313 g/mol. The van der Waals surface area contributed by atoms with Gasteiger partial charge in [0.15, 0.2) is 5.82 Å². The van der Waals surface area contributed by atoms with Crippen LogP contribution in [0.25, 0.3) is 0 Å². The van der Waals surface area contributed by atoms with E-state index in [1.807, 2.05) is 0 Å². The number of halogens is 2. The molecule has 1 N–H and O–H groups in total. The Bertz CT molecular complexity index is 568. The van der Waals surface area contributed by atoms with Crippen LogP contribution in [0.5, 0.6) is 0 Å². The number of aromatic nitrogens is 2. The zero-order chi connectivity index (χ0) is 12.4. The molecule has 0 saturated heterocycles. The number of hydrogen-bond donors (Lipinski definition) is 1. The lowest BCUT2D eigenvalue weighted by Gasteiger charge is -2.04. The Hall–Kier alpha value is -1.33. The molecular formula is C11H9BrClN3O. The molecule has 1 aromatic heterocycles. The second-order valence-electron chi connectivity index (χ2n) is 3.45. The van der Waals surface area contributed by atoms with E-state index in [-0.39, 0.29) is 5.91 Å². The van der Waals surface area contributed by atoms with E-state index in [0.29, 0.717) is 16.4 Å². The summed E-state index contributed by atoms with van der Waals surface area (Å²) in [6, 6.07) is 6.81. The fraction of sp³-hybridized carbons (Fsp3) is 0.0909. The highest BCUT2D eigenvalue weighted by Crippen LogP contribution is 2.22. The topological polar surface area (TPSA) is 46.9 Å². The van der Waals surface area contributed by atoms with Gasteiger partial charge in [-0.2, -0.15) is 5.10 Å². The van der Waals surface area contributed by atoms with E-state index in [9.17, 15) is 4.79 Å². The van der Waals surface area contributed by atoms with E-state index < -0.39 is 0 Å². The van der Waals surface area contributed by atoms with Gasteiger partial charge in [-0.05, 0) is 18.2 Å². The van der Waals surface area contributed by atoms with E-state index in [1.165, 1.54) is 0 Å². The van der Waals surface area contributed by atoms with E-state index in [4.69, 9.17) is 11.6 Å². The number of carbonyl (C=O) groups is 1. The fourth-order valence-corrected chi connectivity index (χ4v) is 2.10. The van der Waals surface area contributed by atoms with Crippen molar-refractivity contribution in [2.75, 3.05) is 5.32 Å². The molecule has 0 bridgehead atoms. The van der Waals surface area contributed by atoms with Gasteiger partial charge in [0.05, 0.1) is 10.6 Å². The summed E-state index contributed by atoms with van der Waals surface area (Å²) >= 11 is 9.26. The summed E-state index contributed by atoms with van der Waals surface area (Å²) in [5, 5.41) is 7.12. The Balaban J connectivity index is 2.20. The van der Waals surface area contributed by atoms with Crippen LogP contribution in [0.3, 0.4) is 0 Å². The summed E-state index contributed by atoms with van der Waals surface area (Å²) in [6.45, 7) is 0. The SMILES string of the molecule is Cn1ccc(NC(=O)c2ccc(Br)cc2Cl)n1. The summed E-state index contributed by atoms with van der Waals surface area (Å²) in [7, 11) is 1.78. The molecule has 17 heavy (non-hydrogen) atoms. The Labute approximate surface area is 112 Å². The van der Waals surface area contributed by atoms with Crippen molar-refractivity contribution >= 4 is 39.3 Å². The standard InChI is InChI=1S/C11H9BrClN3O/c1-16-5-4-10(15-16)14-11(17)8-3-2-7(12)6-9(8)13/h2-6H,1H3,(H,14,15,17). The molecule has 0 aliphatic carbocycles. The molecule has 6 heteroatoms. The minimum absolute atomic E-state index is 0.277. The molecule has 2 rings (SSSR count). The second kappa shape index (κ2) is 4.89. The molecule has 0 aliphatic heterocycles. The van der Waals surface area contributed by atoms with Gasteiger partial charge < -0.3 is 5.32 Å². The Morgan fingerprint density at radius 2 is 2.24 bits per heavy atom. The average molecular weight is 315 g/mol. The van der Waals surface area contributed by atoms with Gasteiger partial charge in [-0.15, -0.1) is 0 Å². The van der Waals surface area contributed by atoms with Crippen molar-refractivity contribution in [2.24, 2.45) is 7.05 Å². The smallest absolute Gasteiger partial charge is 0.258 e. The zero-order valence-electron chi connectivity index (χ0n) is 8.95. The van der Waals surface area contributed by atoms with Crippen LogP contribution in [0.15, 0.2) is 34.9 Å². The van der Waals surface area contributed by atoms with Gasteiger partial charge in [0.2, 0.25) is 0 Å². The molecule has 0 radical (unpaired) electrons. The molecule has 88 valence electrons. The molecule has 1 aromatic carbocycles. The fourth-order valence-electron chi connectivity index (χ4n) is 1.34. The van der Waals surface area contributed by atoms with Crippen LogP contribution >= 0.6 is 27.5 Å². The molecule has 0 fully saturated rings. The van der Waals surface area contributed by atoms with Gasteiger partial charge in [0, 0.05) is 23.8 Å². The number of aryl methyl sites for hydroxylation is 1. The summed E-state index contributed by atoms with van der Waals surface area (Å²) in [4.78, 5) is 11.9. The summed E-state index contributed by atoms with van der Waals surface area (Å²) in [5.41, 5.74) is 0.417. The van der Waals surface area contributed by atoms with Gasteiger partial charge >= 0.3 is 0 Å². The average Bonchev–Trinajstić information content (AvgIpc) is 2.63. The summed E-state index contributed by atoms with van der Waals surface area (Å²) < 4.78 is 2.44. The van der Waals surface area contributed by atoms with Crippen molar-refractivity contribution in [1.82, 2.24) is 9.78 Å². The molecule has 4 nitrogen and oxygen atoms in total. The second-order valence-corrected chi connectivity index (χ2v) is 4.78. The van der Waals surface area contributed by atoms with E-state index >= 15 is 0 Å². The van der Waals surface area contributed by atoms with Crippen molar-refractivity contribution in [3.63, 3.8) is 0 Å². The van der Waals surface area contributed by atoms with Gasteiger partial charge in [0.25, 0.3) is 5.91 Å². The van der Waals surface area contributed by atoms with Gasteiger partial charge in [-0.3, -0.25) is 9.48 Å². The predicted octanol–water partition coefficient (Wildman–Crippen LogP) is 3.09. The Morgan fingerprint density at radius 1 is 1.47 bits per heavy atom. The first-order valence-corrected chi connectivity index (χ1v) is 5.99. The molecule has 0 aliphatic rings. The first-order chi connectivity index (χ1) is 8.06. The number of nitrogens with one attached hydrogen (secondary N) is 1. The lowest BCUT2D eigenvalue weighted by atomic mass is 10.2. The summed E-state index contributed by atoms with van der Waals surface area (Å²) in [6.07, 6.45) is 1.75. The first-order valence-electron chi connectivity index (χ1n) is 4.82. The molecule has 0 spiro atoms. The molecule has 1 heterocycles. The van der Waals surface area contributed by atoms with Crippen LogP contribution in [-0.4, -0.2) is 15.7 Å². The third-order valence-electron chi connectivity index (χ3n) is 2.13. The molecular weight excluding hydrogens is 305 g/mol. The minimum Gasteiger partial charge on any atom is -0.305 e. The van der Waals surface area contributed by atoms with Crippen molar-refractivity contribution in [2.45, 2.75) is 0 Å². The van der Waals surface area contributed by atoms with E-state index in [2.05, 4.69) is 26.3 Å². The van der Waals surface area contributed by atoms with Crippen LogP contribution in [0.1, 0.15) is 10.4 Å². The highest BCUT2D eigenvalue weighted by Gasteiger charge is 2.11. The van der Waals surface area contributed by atoms with Crippen molar-refractivity contribution in [3.8, 4) is 0 Å². The highest BCUT2D eigenvalue weighted by atomic mass is 79.9. The molecule has 1 amide bonds. The summed E-state index contributed by atoms with van der Waals surface area (Å²) in [5.74, 6) is 0.220. The maximum Gasteiger partial charge on any atom is 0.258 e. The maximum absolute atomic E-state index is 11.9. The van der Waals surface area contributed by atoms with Crippen molar-refractivity contribution in [1.29, 1.82) is 0 Å². The number of rotatable bonds is 2. The van der Waals surface area contributed by atoms with E-state index in [0.717, 1.165) is 4.47 Å². The number of nitrogens with zero attached hydrogens (tertiary/aromatic N) is 2. The number of anilines is 1. The van der Waals surface area contributed by atoms with Gasteiger partial charge in [0.1, 0.15) is 0 Å². The van der Waals surface area contributed by atoms with Crippen LogP contribution in [0.2, 0.25) is 5.02 Å². The zero-order valence-corrected chi connectivity index (χ0v) is 11.3. The highest BCUT2D eigenvalue weighted by molar-refractivity contribution is 9.10. The predicted molar refractivity (Wildman–Crippen MR) is 70.3 cm³/mol. The van der Waals surface area contributed by atoms with Crippen molar-refractivity contribution < 1.29 is 4.79 Å². The Kier molecular flexibility index (Phi) is 3.49. The number of carbonyl (C=O) groups excluding carboxylic acids is 1. The van der Waals surface area contributed by atoms with Crippen LogP contribution in [0.4, 0.5) is 5.82 Å². The van der Waals surface area contributed by atoms with Crippen LogP contribution in [0, 0.1) is 0 Å². The third-order valence-corrected chi connectivity index (χ3v) is 2.94. The third kappa shape index (κ3) is 2.87. The van der Waals surface area contributed by atoms with Crippen molar-refractivity contribution in [3.05, 3.63) is 45.5 Å². The molecule has 0 atom stereocenters. The molecule has 0 saturated carbocycles. The van der Waals surface area contributed by atoms with Crippen LogP contribution in [-0.2, 0) is 7.05 Å². The molecule has 2 aromatic rings. The van der Waals surface area contributed by atoms with Gasteiger partial charge in [-0.1, -0.05) is 27.5 Å². The van der Waals surface area contributed by atoms with Crippen LogP contribution < -0.4 is 5.32 Å². The number of amides is 1. The van der Waals surface area contributed by atoms with E-state index in [1.54, 1.807) is 42.2 Å².